The summed E-state index contributed by atoms with van der Waals surface area (Å²) >= 11 is 0. The minimum Gasteiger partial charge on any atom is -0.509 e. The van der Waals surface area contributed by atoms with Crippen LogP contribution in [-0.2, 0) is 32.9 Å². The molecule has 7 rings (SSSR count). The summed E-state index contributed by atoms with van der Waals surface area (Å²) in [5, 5.41) is 7.47. The summed E-state index contributed by atoms with van der Waals surface area (Å²) in [5.41, 5.74) is 13.6. The second kappa shape index (κ2) is 14.7. The number of aromatic nitrogens is 4. The maximum absolute atomic E-state index is 6.74. The molecule has 0 bridgehead atoms. The summed E-state index contributed by atoms with van der Waals surface area (Å²) < 4.78 is 11.0. The first-order valence-electron chi connectivity index (χ1n) is 18.5. The van der Waals surface area contributed by atoms with E-state index in [4.69, 9.17) is 14.8 Å². The Labute approximate surface area is 329 Å². The molecule has 0 aliphatic heterocycles. The first kappa shape index (κ1) is 38.3. The van der Waals surface area contributed by atoms with E-state index >= 15 is 0 Å². The van der Waals surface area contributed by atoms with Crippen molar-refractivity contribution >= 4 is 21.8 Å². The quantitative estimate of drug-likeness (QED) is 0.143. The molecule has 53 heavy (non-hydrogen) atoms. The molecule has 3 heterocycles. The summed E-state index contributed by atoms with van der Waals surface area (Å²) in [6, 6.07) is 33.1. The maximum atomic E-state index is 6.74. The van der Waals surface area contributed by atoms with Crippen molar-refractivity contribution in [3.05, 3.63) is 130 Å². The third-order valence-corrected chi connectivity index (χ3v) is 9.95. The molecule has 4 aromatic carbocycles. The molecule has 3 aromatic heterocycles. The number of pyridine rings is 1. The Bertz CT molecular complexity index is 2430. The van der Waals surface area contributed by atoms with E-state index < -0.39 is 0 Å². The van der Waals surface area contributed by atoms with Crippen LogP contribution in [0.4, 0.5) is 0 Å². The average molecular weight is 882 g/mol. The van der Waals surface area contributed by atoms with Gasteiger partial charge in [-0.05, 0) is 103 Å². The number of hydrogen-bond donors (Lipinski definition) is 0. The van der Waals surface area contributed by atoms with Gasteiger partial charge in [-0.25, -0.2) is 4.98 Å². The summed E-state index contributed by atoms with van der Waals surface area (Å²) in [6.07, 6.45) is 2.91. The number of hydrogen-bond acceptors (Lipinski definition) is 3. The van der Waals surface area contributed by atoms with Crippen LogP contribution >= 0.6 is 0 Å². The third-order valence-electron chi connectivity index (χ3n) is 9.95. The molecule has 7 aromatic rings. The molecule has 0 aliphatic carbocycles. The van der Waals surface area contributed by atoms with Gasteiger partial charge in [0.25, 0.3) is 0 Å². The van der Waals surface area contributed by atoms with Crippen molar-refractivity contribution in [2.45, 2.75) is 93.9 Å². The van der Waals surface area contributed by atoms with E-state index in [1.54, 1.807) is 0 Å². The van der Waals surface area contributed by atoms with E-state index in [1.807, 2.05) is 12.3 Å². The van der Waals surface area contributed by atoms with Crippen molar-refractivity contribution in [1.82, 2.24) is 19.3 Å². The number of para-hydroxylation sites is 1. The van der Waals surface area contributed by atoms with Crippen molar-refractivity contribution in [2.24, 2.45) is 5.92 Å². The van der Waals surface area contributed by atoms with Crippen LogP contribution in [-0.4, -0.2) is 19.3 Å². The first-order chi connectivity index (χ1) is 24.7. The van der Waals surface area contributed by atoms with Crippen molar-refractivity contribution in [2.75, 3.05) is 0 Å². The number of ether oxygens (including phenoxy) is 1. The molecule has 0 saturated heterocycles. The minimum absolute atomic E-state index is 0. The molecule has 0 N–H and O–H groups in total. The number of nitrogens with zero attached hydrogens (tertiary/aromatic N) is 4. The Balaban J connectivity index is 0.00000481. The first-order valence-corrected chi connectivity index (χ1v) is 18.5. The fraction of sp³-hybridized carbons (Fsp3) is 0.319. The molecule has 0 unspecified atom stereocenters. The van der Waals surface area contributed by atoms with Crippen LogP contribution in [0.3, 0.4) is 0 Å². The van der Waals surface area contributed by atoms with Gasteiger partial charge in [0.15, 0.2) is 0 Å². The standard InChI is InChI=1S/C47H50N4O.Pt/c1-28(2)20-34-18-19-48-43(23-34)50-41-15-13-12-14-39(41)40-17-16-37(27-42(40)50)52-38-25-35(47(9,10)11)24-36(26-38)51-46(29(3)4)45(33(8)49-51)44-31(6)21-30(5)22-32(44)7;/h12-19,21-25,28-29H,20H2,1-11H3;/q-2;+2. The smallest absolute Gasteiger partial charge is 0.509 e. The second-order valence-corrected chi connectivity index (χ2v) is 16.2. The summed E-state index contributed by atoms with van der Waals surface area (Å²) in [6.45, 7) is 24.4. The topological polar surface area (TPSA) is 44.9 Å². The second-order valence-electron chi connectivity index (χ2n) is 16.2. The zero-order valence-corrected chi connectivity index (χ0v) is 35.2. The van der Waals surface area contributed by atoms with Gasteiger partial charge in [-0.2, -0.15) is 11.2 Å². The number of rotatable bonds is 8. The molecule has 5 nitrogen and oxygen atoms in total. The van der Waals surface area contributed by atoms with E-state index in [9.17, 15) is 0 Å². The van der Waals surface area contributed by atoms with Gasteiger partial charge in [-0.1, -0.05) is 89.9 Å². The predicted octanol–water partition coefficient (Wildman–Crippen LogP) is 12.3. The molecule has 0 radical (unpaired) electrons. The normalized spacial score (nSPS) is 11.9. The minimum atomic E-state index is -0.137. The van der Waals surface area contributed by atoms with E-state index in [0.717, 1.165) is 51.0 Å². The Morgan fingerprint density at radius 2 is 1.49 bits per heavy atom. The largest absolute Gasteiger partial charge is 2.00 e. The number of fused-ring (bicyclic) bond motifs is 3. The van der Waals surface area contributed by atoms with E-state index in [2.05, 4.69) is 164 Å². The molecule has 0 fully saturated rings. The summed E-state index contributed by atoms with van der Waals surface area (Å²) in [7, 11) is 0. The third kappa shape index (κ3) is 7.38. The fourth-order valence-corrected chi connectivity index (χ4v) is 7.75. The van der Waals surface area contributed by atoms with Crippen LogP contribution in [0, 0.1) is 45.7 Å². The number of benzene rings is 4. The molecule has 274 valence electrons. The van der Waals surface area contributed by atoms with Crippen molar-refractivity contribution < 1.29 is 25.8 Å². The van der Waals surface area contributed by atoms with Gasteiger partial charge in [0.05, 0.1) is 11.4 Å². The fourth-order valence-electron chi connectivity index (χ4n) is 7.75. The van der Waals surface area contributed by atoms with Crippen molar-refractivity contribution in [1.29, 1.82) is 0 Å². The van der Waals surface area contributed by atoms with Crippen molar-refractivity contribution in [3.8, 4) is 34.1 Å². The van der Waals surface area contributed by atoms with Crippen molar-refractivity contribution in [3.63, 3.8) is 0 Å². The summed E-state index contributed by atoms with van der Waals surface area (Å²) in [5.74, 6) is 2.90. The van der Waals surface area contributed by atoms with Gasteiger partial charge >= 0.3 is 21.1 Å². The average Bonchev–Trinajstić information content (AvgIpc) is 3.58. The predicted molar refractivity (Wildman–Crippen MR) is 216 cm³/mol. The summed E-state index contributed by atoms with van der Waals surface area (Å²) in [4.78, 5) is 4.84. The van der Waals surface area contributed by atoms with Crippen LogP contribution in [0.1, 0.15) is 93.6 Å². The Kier molecular flexibility index (Phi) is 10.6. The van der Waals surface area contributed by atoms with Crippen LogP contribution in [0.15, 0.2) is 79.0 Å². The van der Waals surface area contributed by atoms with E-state index in [0.29, 0.717) is 17.4 Å². The Morgan fingerprint density at radius 1 is 0.774 bits per heavy atom. The van der Waals surface area contributed by atoms with Crippen LogP contribution in [0.5, 0.6) is 11.5 Å². The van der Waals surface area contributed by atoms with Gasteiger partial charge in [0, 0.05) is 28.8 Å². The molecule has 6 heteroatoms. The SMILES string of the molecule is Cc1cc(C)c(-c2c(C)nn(-c3[c-]c(Oc4[c-]c5c(cc4)c4ccccc4n5-c4cc(CC(C)C)ccn4)cc(C(C)(C)C)c3)c2C(C)C)c(C)c1.[Pt+2]. The molecule has 0 saturated carbocycles. The Hall–Kier alpha value is -4.47. The number of aryl methyl sites for hydroxylation is 4. The van der Waals surface area contributed by atoms with Crippen LogP contribution in [0.2, 0.25) is 0 Å². The molecule has 0 atom stereocenters. The van der Waals surface area contributed by atoms with Crippen LogP contribution < -0.4 is 4.74 Å². The molecular formula is C47H50N4OPt. The van der Waals surface area contributed by atoms with Crippen LogP contribution in [0.25, 0.3) is 44.4 Å². The van der Waals surface area contributed by atoms with E-state index in [-0.39, 0.29) is 32.4 Å². The zero-order valence-electron chi connectivity index (χ0n) is 32.9. The van der Waals surface area contributed by atoms with Gasteiger partial charge in [-0.3, -0.25) is 4.68 Å². The van der Waals surface area contributed by atoms with E-state index in [1.165, 1.54) is 39.1 Å². The molecular weight excluding hydrogens is 832 g/mol. The van der Waals surface area contributed by atoms with Gasteiger partial charge in [0.2, 0.25) is 0 Å². The van der Waals surface area contributed by atoms with Gasteiger partial charge in [0.1, 0.15) is 5.82 Å². The Morgan fingerprint density at radius 3 is 2.17 bits per heavy atom. The van der Waals surface area contributed by atoms with Gasteiger partial charge < -0.3 is 9.30 Å². The molecule has 0 spiro atoms. The monoisotopic (exact) mass is 881 g/mol. The zero-order chi connectivity index (χ0) is 37.1. The molecule has 0 aliphatic rings. The van der Waals surface area contributed by atoms with Gasteiger partial charge in [-0.15, -0.1) is 41.3 Å². The maximum Gasteiger partial charge on any atom is 2.00 e. The molecule has 0 amide bonds.